The standard InChI is InChI=1S/C13H13ClINO/c1-2-11(13-4-3-7-17-13)16-12-6-5-9(14)8-10(12)15/h3-8,11,16H,2H2,1H3. The second-order valence-corrected chi connectivity index (χ2v) is 5.34. The van der Waals surface area contributed by atoms with Crippen LogP contribution in [-0.2, 0) is 0 Å². The molecule has 0 aliphatic carbocycles. The van der Waals surface area contributed by atoms with Crippen LogP contribution in [-0.4, -0.2) is 0 Å². The van der Waals surface area contributed by atoms with Crippen LogP contribution >= 0.6 is 34.2 Å². The first-order chi connectivity index (χ1) is 8.20. The van der Waals surface area contributed by atoms with Crippen molar-refractivity contribution >= 4 is 39.9 Å². The Kier molecular flexibility index (Phi) is 4.34. The zero-order valence-electron chi connectivity index (χ0n) is 9.41. The molecular weight excluding hydrogens is 349 g/mol. The van der Waals surface area contributed by atoms with Gasteiger partial charge in [-0.05, 0) is 59.3 Å². The highest BCUT2D eigenvalue weighted by molar-refractivity contribution is 14.1. The molecule has 2 nitrogen and oxygen atoms in total. The average molecular weight is 362 g/mol. The fourth-order valence-corrected chi connectivity index (χ4v) is 2.69. The van der Waals surface area contributed by atoms with Gasteiger partial charge in [-0.15, -0.1) is 0 Å². The predicted molar refractivity (Wildman–Crippen MR) is 79.5 cm³/mol. The molecular formula is C13H13ClINO. The van der Waals surface area contributed by atoms with E-state index >= 15 is 0 Å². The highest BCUT2D eigenvalue weighted by Gasteiger charge is 2.13. The Morgan fingerprint density at radius 2 is 2.24 bits per heavy atom. The molecule has 1 aromatic carbocycles. The fraction of sp³-hybridized carbons (Fsp3) is 0.231. The van der Waals surface area contributed by atoms with Gasteiger partial charge in [0.25, 0.3) is 0 Å². The maximum absolute atomic E-state index is 5.94. The lowest BCUT2D eigenvalue weighted by atomic mass is 10.1. The van der Waals surface area contributed by atoms with Crippen molar-refractivity contribution in [1.82, 2.24) is 0 Å². The van der Waals surface area contributed by atoms with E-state index in [-0.39, 0.29) is 6.04 Å². The zero-order chi connectivity index (χ0) is 12.3. The summed E-state index contributed by atoms with van der Waals surface area (Å²) in [5.74, 6) is 0.957. The van der Waals surface area contributed by atoms with Crippen molar-refractivity contribution < 1.29 is 4.42 Å². The van der Waals surface area contributed by atoms with E-state index in [4.69, 9.17) is 16.0 Å². The number of nitrogens with one attached hydrogen (secondary N) is 1. The second kappa shape index (κ2) is 5.78. The van der Waals surface area contributed by atoms with Crippen molar-refractivity contribution in [3.05, 3.63) is 50.9 Å². The maximum atomic E-state index is 5.94. The molecule has 0 spiro atoms. The van der Waals surface area contributed by atoms with Gasteiger partial charge in [-0.25, -0.2) is 0 Å². The Morgan fingerprint density at radius 1 is 1.41 bits per heavy atom. The van der Waals surface area contributed by atoms with Gasteiger partial charge in [0.2, 0.25) is 0 Å². The summed E-state index contributed by atoms with van der Waals surface area (Å²) in [5, 5.41) is 4.22. The first kappa shape index (κ1) is 12.8. The summed E-state index contributed by atoms with van der Waals surface area (Å²) in [6, 6.07) is 9.92. The van der Waals surface area contributed by atoms with Crippen molar-refractivity contribution in [2.24, 2.45) is 0 Å². The molecule has 0 bridgehead atoms. The zero-order valence-corrected chi connectivity index (χ0v) is 12.3. The molecule has 2 rings (SSSR count). The van der Waals surface area contributed by atoms with Gasteiger partial charge in [-0.2, -0.15) is 0 Å². The number of benzene rings is 1. The Hall–Kier alpha value is -0.680. The van der Waals surface area contributed by atoms with E-state index in [1.165, 1.54) is 0 Å². The van der Waals surface area contributed by atoms with Crippen molar-refractivity contribution in [1.29, 1.82) is 0 Å². The number of halogens is 2. The number of furan rings is 1. The van der Waals surface area contributed by atoms with Gasteiger partial charge in [-0.3, -0.25) is 0 Å². The van der Waals surface area contributed by atoms with Crippen LogP contribution in [0.1, 0.15) is 25.1 Å². The largest absolute Gasteiger partial charge is 0.467 e. The van der Waals surface area contributed by atoms with Gasteiger partial charge >= 0.3 is 0 Å². The Labute approximate surface area is 119 Å². The molecule has 0 aliphatic heterocycles. The third-order valence-corrected chi connectivity index (χ3v) is 3.68. The Morgan fingerprint density at radius 3 is 2.82 bits per heavy atom. The molecule has 0 saturated carbocycles. The number of hydrogen-bond acceptors (Lipinski definition) is 2. The molecule has 17 heavy (non-hydrogen) atoms. The second-order valence-electron chi connectivity index (χ2n) is 3.74. The summed E-state index contributed by atoms with van der Waals surface area (Å²) in [6.07, 6.45) is 2.67. The summed E-state index contributed by atoms with van der Waals surface area (Å²) >= 11 is 8.21. The summed E-state index contributed by atoms with van der Waals surface area (Å²) in [6.45, 7) is 2.13. The summed E-state index contributed by atoms with van der Waals surface area (Å²) in [7, 11) is 0. The van der Waals surface area contributed by atoms with Gasteiger partial charge in [0.15, 0.2) is 0 Å². The van der Waals surface area contributed by atoms with E-state index in [0.29, 0.717) is 0 Å². The van der Waals surface area contributed by atoms with E-state index in [0.717, 1.165) is 26.5 Å². The molecule has 0 amide bonds. The van der Waals surface area contributed by atoms with E-state index in [9.17, 15) is 0 Å². The van der Waals surface area contributed by atoms with Crippen LogP contribution < -0.4 is 5.32 Å². The highest BCUT2D eigenvalue weighted by atomic mass is 127. The highest BCUT2D eigenvalue weighted by Crippen LogP contribution is 2.28. The molecule has 1 atom stereocenters. The topological polar surface area (TPSA) is 25.2 Å². The molecule has 0 fully saturated rings. The van der Waals surface area contributed by atoms with Crippen molar-refractivity contribution in [3.63, 3.8) is 0 Å². The minimum Gasteiger partial charge on any atom is -0.467 e. The van der Waals surface area contributed by atoms with Crippen molar-refractivity contribution in [3.8, 4) is 0 Å². The van der Waals surface area contributed by atoms with Gasteiger partial charge in [0.05, 0.1) is 12.3 Å². The van der Waals surface area contributed by atoms with E-state index in [2.05, 4.69) is 34.8 Å². The lowest BCUT2D eigenvalue weighted by Gasteiger charge is -2.17. The summed E-state index contributed by atoms with van der Waals surface area (Å²) < 4.78 is 6.54. The molecule has 1 unspecified atom stereocenters. The van der Waals surface area contributed by atoms with Crippen LogP contribution in [0.3, 0.4) is 0 Å². The van der Waals surface area contributed by atoms with E-state index in [1.807, 2.05) is 30.3 Å². The molecule has 4 heteroatoms. The quantitative estimate of drug-likeness (QED) is 0.766. The third-order valence-electron chi connectivity index (χ3n) is 2.56. The lowest BCUT2D eigenvalue weighted by molar-refractivity contribution is 0.474. The summed E-state index contributed by atoms with van der Waals surface area (Å²) in [5.41, 5.74) is 1.08. The first-order valence-electron chi connectivity index (χ1n) is 5.45. The minimum absolute atomic E-state index is 0.194. The monoisotopic (exact) mass is 361 g/mol. The molecule has 2 aromatic rings. The van der Waals surface area contributed by atoms with Crippen molar-refractivity contribution in [2.75, 3.05) is 5.32 Å². The van der Waals surface area contributed by atoms with Gasteiger partial charge < -0.3 is 9.73 Å². The Bertz CT molecular complexity index is 484. The molecule has 1 N–H and O–H groups in total. The van der Waals surface area contributed by atoms with Crippen LogP contribution in [0.4, 0.5) is 5.69 Å². The molecule has 1 heterocycles. The normalized spacial score (nSPS) is 12.4. The average Bonchev–Trinajstić information content (AvgIpc) is 2.81. The maximum Gasteiger partial charge on any atom is 0.125 e. The van der Waals surface area contributed by atoms with Crippen LogP contribution in [0.25, 0.3) is 0 Å². The number of anilines is 1. The van der Waals surface area contributed by atoms with Gasteiger partial charge in [0.1, 0.15) is 5.76 Å². The SMILES string of the molecule is CCC(Nc1ccc(Cl)cc1I)c1ccco1. The minimum atomic E-state index is 0.194. The molecule has 0 radical (unpaired) electrons. The predicted octanol–water partition coefficient (Wildman–Crippen LogP) is 5.10. The molecule has 90 valence electrons. The van der Waals surface area contributed by atoms with Crippen LogP contribution in [0.2, 0.25) is 5.02 Å². The molecule has 0 saturated heterocycles. The molecule has 0 aliphatic rings. The van der Waals surface area contributed by atoms with Crippen LogP contribution in [0, 0.1) is 3.57 Å². The van der Waals surface area contributed by atoms with Crippen molar-refractivity contribution in [2.45, 2.75) is 19.4 Å². The van der Waals surface area contributed by atoms with Crippen LogP contribution in [0.5, 0.6) is 0 Å². The number of rotatable bonds is 4. The fourth-order valence-electron chi connectivity index (χ4n) is 1.66. The van der Waals surface area contributed by atoms with Crippen LogP contribution in [0.15, 0.2) is 41.0 Å². The first-order valence-corrected chi connectivity index (χ1v) is 6.91. The Balaban J connectivity index is 2.19. The summed E-state index contributed by atoms with van der Waals surface area (Å²) in [4.78, 5) is 0. The van der Waals surface area contributed by atoms with Gasteiger partial charge in [0, 0.05) is 14.3 Å². The lowest BCUT2D eigenvalue weighted by Crippen LogP contribution is -2.09. The smallest absolute Gasteiger partial charge is 0.125 e. The van der Waals surface area contributed by atoms with E-state index < -0.39 is 0 Å². The third kappa shape index (κ3) is 3.16. The molecule has 1 aromatic heterocycles. The number of hydrogen-bond donors (Lipinski definition) is 1. The van der Waals surface area contributed by atoms with Gasteiger partial charge in [-0.1, -0.05) is 18.5 Å². The van der Waals surface area contributed by atoms with E-state index in [1.54, 1.807) is 6.26 Å².